The van der Waals surface area contributed by atoms with Crippen molar-refractivity contribution in [3.8, 4) is 5.75 Å². The number of hydrogen-bond donors (Lipinski definition) is 1. The smallest absolute Gasteiger partial charge is 0.240 e. The minimum atomic E-state index is -3.43. The number of nitrogens with zero attached hydrogens (tertiary/aromatic N) is 2. The maximum absolute atomic E-state index is 12.1. The van der Waals surface area contributed by atoms with Gasteiger partial charge in [0.15, 0.2) is 15.7 Å². The van der Waals surface area contributed by atoms with Crippen LogP contribution in [0.15, 0.2) is 48.5 Å². The fraction of sp³-hybridized carbons (Fsp3) is 0.300. The fourth-order valence-electron chi connectivity index (χ4n) is 2.87. The van der Waals surface area contributed by atoms with Crippen LogP contribution in [0.25, 0.3) is 10.9 Å². The van der Waals surface area contributed by atoms with Crippen LogP contribution in [0.1, 0.15) is 19.4 Å². The number of amides is 1. The molecule has 0 spiro atoms. The maximum atomic E-state index is 12.1. The molecule has 0 aliphatic heterocycles. The number of rotatable bonds is 7. The van der Waals surface area contributed by atoms with Gasteiger partial charge >= 0.3 is 0 Å². The highest BCUT2D eigenvalue weighted by Crippen LogP contribution is 2.28. The van der Waals surface area contributed by atoms with Crippen LogP contribution in [0.4, 0.5) is 5.82 Å². The quantitative estimate of drug-likeness (QED) is 0.657. The van der Waals surface area contributed by atoms with Crippen LogP contribution < -0.4 is 10.1 Å². The van der Waals surface area contributed by atoms with Crippen molar-refractivity contribution >= 4 is 32.5 Å². The number of carbonyl (C=O) groups is 1. The molecule has 0 unspecified atom stereocenters. The summed E-state index contributed by atoms with van der Waals surface area (Å²) in [4.78, 5) is 12.1. The lowest BCUT2D eigenvalue weighted by atomic mass is 10.2. The molecule has 8 heteroatoms. The Labute approximate surface area is 164 Å². The van der Waals surface area contributed by atoms with E-state index in [1.807, 2.05) is 62.4 Å². The van der Waals surface area contributed by atoms with Gasteiger partial charge in [-0.25, -0.2) is 8.42 Å². The van der Waals surface area contributed by atoms with E-state index in [9.17, 15) is 13.2 Å². The number of anilines is 1. The second kappa shape index (κ2) is 8.02. The van der Waals surface area contributed by atoms with E-state index >= 15 is 0 Å². The first-order valence-corrected chi connectivity index (χ1v) is 11.0. The predicted octanol–water partition coefficient (Wildman–Crippen LogP) is 2.85. The van der Waals surface area contributed by atoms with Crippen molar-refractivity contribution in [3.63, 3.8) is 0 Å². The van der Waals surface area contributed by atoms with E-state index in [0.29, 0.717) is 23.5 Å². The summed E-state index contributed by atoms with van der Waals surface area (Å²) in [5.74, 6) is -0.174. The Morgan fingerprint density at radius 3 is 2.54 bits per heavy atom. The molecular weight excluding hydrogens is 378 g/mol. The Balaban J connectivity index is 2.00. The molecule has 0 aliphatic rings. The van der Waals surface area contributed by atoms with Gasteiger partial charge in [-0.05, 0) is 31.5 Å². The van der Waals surface area contributed by atoms with Gasteiger partial charge in [0, 0.05) is 17.7 Å². The third-order valence-corrected chi connectivity index (χ3v) is 4.71. The Hall–Kier alpha value is -2.87. The van der Waals surface area contributed by atoms with Crippen molar-refractivity contribution < 1.29 is 17.9 Å². The molecule has 3 aromatic rings. The molecular formula is C20H23N3O4S. The van der Waals surface area contributed by atoms with Gasteiger partial charge < -0.3 is 10.1 Å². The average Bonchev–Trinajstić information content (AvgIpc) is 2.90. The molecule has 0 fully saturated rings. The van der Waals surface area contributed by atoms with Gasteiger partial charge in [-0.15, -0.1) is 0 Å². The van der Waals surface area contributed by atoms with Gasteiger partial charge in [0.2, 0.25) is 5.91 Å². The molecule has 1 aromatic heterocycles. The van der Waals surface area contributed by atoms with Crippen molar-refractivity contribution in [1.29, 1.82) is 0 Å². The summed E-state index contributed by atoms with van der Waals surface area (Å²) in [5, 5.41) is 7.84. The van der Waals surface area contributed by atoms with E-state index in [1.165, 1.54) is 0 Å². The number of fused-ring (bicyclic) bond motifs is 1. The summed E-state index contributed by atoms with van der Waals surface area (Å²) >= 11 is 0. The molecule has 28 heavy (non-hydrogen) atoms. The number of ether oxygens (including phenoxy) is 1. The second-order valence-corrected chi connectivity index (χ2v) is 9.10. The molecule has 0 bridgehead atoms. The van der Waals surface area contributed by atoms with Crippen LogP contribution in [0.2, 0.25) is 0 Å². The summed E-state index contributed by atoms with van der Waals surface area (Å²) in [5.41, 5.74) is 1.84. The first-order valence-electron chi connectivity index (χ1n) is 8.90. The van der Waals surface area contributed by atoms with Gasteiger partial charge in [-0.3, -0.25) is 9.48 Å². The molecule has 1 N–H and O–H groups in total. The predicted molar refractivity (Wildman–Crippen MR) is 109 cm³/mol. The van der Waals surface area contributed by atoms with E-state index in [0.717, 1.165) is 17.3 Å². The molecule has 0 radical (unpaired) electrons. The van der Waals surface area contributed by atoms with E-state index < -0.39 is 21.5 Å². The molecule has 7 nitrogen and oxygen atoms in total. The summed E-state index contributed by atoms with van der Waals surface area (Å²) in [6.07, 6.45) is 1.05. The maximum Gasteiger partial charge on any atom is 0.240 e. The van der Waals surface area contributed by atoms with Crippen LogP contribution in [-0.2, 0) is 21.2 Å². The SMILES string of the molecule is CC(C)Oc1ccc2c(NC(=O)CS(C)(=O)=O)nn(Cc3ccccc3)c2c1. The van der Waals surface area contributed by atoms with Gasteiger partial charge in [0.25, 0.3) is 0 Å². The number of aromatic nitrogens is 2. The van der Waals surface area contributed by atoms with Crippen molar-refractivity contribution in [3.05, 3.63) is 54.1 Å². The zero-order valence-corrected chi connectivity index (χ0v) is 16.9. The molecule has 0 saturated heterocycles. The van der Waals surface area contributed by atoms with E-state index in [1.54, 1.807) is 4.68 Å². The lowest BCUT2D eigenvalue weighted by molar-refractivity contribution is -0.113. The van der Waals surface area contributed by atoms with Gasteiger partial charge in [-0.1, -0.05) is 30.3 Å². The summed E-state index contributed by atoms with van der Waals surface area (Å²) in [7, 11) is -3.43. The molecule has 3 rings (SSSR count). The number of hydrogen-bond acceptors (Lipinski definition) is 5. The molecule has 148 valence electrons. The molecule has 2 aromatic carbocycles. The summed E-state index contributed by atoms with van der Waals surface area (Å²) in [6.45, 7) is 4.40. The lowest BCUT2D eigenvalue weighted by Crippen LogP contribution is -2.22. The minimum Gasteiger partial charge on any atom is -0.491 e. The third kappa shape index (κ3) is 5.10. The first kappa shape index (κ1) is 19.9. The van der Waals surface area contributed by atoms with Crippen LogP contribution in [-0.4, -0.2) is 42.2 Å². The highest BCUT2D eigenvalue weighted by atomic mass is 32.2. The Morgan fingerprint density at radius 1 is 1.18 bits per heavy atom. The van der Waals surface area contributed by atoms with Crippen LogP contribution in [0.3, 0.4) is 0 Å². The minimum absolute atomic E-state index is 0.0249. The van der Waals surface area contributed by atoms with Crippen molar-refractivity contribution in [2.45, 2.75) is 26.5 Å². The molecule has 0 aliphatic carbocycles. The number of benzene rings is 2. The molecule has 0 saturated carbocycles. The van der Waals surface area contributed by atoms with E-state index in [-0.39, 0.29) is 6.10 Å². The van der Waals surface area contributed by atoms with Gasteiger partial charge in [0.1, 0.15) is 11.5 Å². The average molecular weight is 401 g/mol. The Morgan fingerprint density at radius 2 is 1.89 bits per heavy atom. The van der Waals surface area contributed by atoms with Crippen LogP contribution in [0.5, 0.6) is 5.75 Å². The van der Waals surface area contributed by atoms with Gasteiger partial charge in [0.05, 0.1) is 18.2 Å². The molecule has 1 heterocycles. The van der Waals surface area contributed by atoms with Crippen LogP contribution in [0, 0.1) is 0 Å². The topological polar surface area (TPSA) is 90.3 Å². The zero-order chi connectivity index (χ0) is 20.3. The highest BCUT2D eigenvalue weighted by molar-refractivity contribution is 7.91. The first-order chi connectivity index (χ1) is 13.2. The van der Waals surface area contributed by atoms with E-state index in [2.05, 4.69) is 10.4 Å². The second-order valence-electron chi connectivity index (χ2n) is 6.96. The third-order valence-electron chi connectivity index (χ3n) is 3.92. The monoisotopic (exact) mass is 401 g/mol. The van der Waals surface area contributed by atoms with Crippen molar-refractivity contribution in [1.82, 2.24) is 9.78 Å². The van der Waals surface area contributed by atoms with Crippen LogP contribution >= 0.6 is 0 Å². The molecule has 1 amide bonds. The van der Waals surface area contributed by atoms with Crippen molar-refractivity contribution in [2.24, 2.45) is 0 Å². The van der Waals surface area contributed by atoms with Gasteiger partial charge in [-0.2, -0.15) is 5.10 Å². The zero-order valence-electron chi connectivity index (χ0n) is 16.0. The van der Waals surface area contributed by atoms with E-state index in [4.69, 9.17) is 4.74 Å². The fourth-order valence-corrected chi connectivity index (χ4v) is 3.42. The standard InChI is InChI=1S/C20H23N3O4S/c1-14(2)27-16-9-10-17-18(11-16)23(12-15-7-5-4-6-8-15)22-20(17)21-19(24)13-28(3,25)26/h4-11,14H,12-13H2,1-3H3,(H,21,22,24). The lowest BCUT2D eigenvalue weighted by Gasteiger charge is -2.10. The number of carbonyl (C=O) groups excluding carboxylic acids is 1. The Kier molecular flexibility index (Phi) is 5.69. The summed E-state index contributed by atoms with van der Waals surface area (Å²) in [6, 6.07) is 15.3. The highest BCUT2D eigenvalue weighted by Gasteiger charge is 2.17. The number of nitrogens with one attached hydrogen (secondary N) is 1. The normalized spacial score (nSPS) is 11.7. The number of sulfone groups is 1. The van der Waals surface area contributed by atoms with Crippen molar-refractivity contribution in [2.75, 3.05) is 17.3 Å². The summed E-state index contributed by atoms with van der Waals surface area (Å²) < 4.78 is 30.3. The molecule has 0 atom stereocenters. The largest absolute Gasteiger partial charge is 0.491 e. The Bertz CT molecular complexity index is 1090.